The summed E-state index contributed by atoms with van der Waals surface area (Å²) in [6.45, 7) is 4.71. The summed E-state index contributed by atoms with van der Waals surface area (Å²) in [5.74, 6) is 2.50. The highest BCUT2D eigenvalue weighted by Gasteiger charge is 2.25. The van der Waals surface area contributed by atoms with Crippen LogP contribution in [-0.4, -0.2) is 13.2 Å². The SMILES string of the molecule is COc1cc(Br)cc(NC2CCC(C)CC2C)c1. The predicted molar refractivity (Wildman–Crippen MR) is 80.3 cm³/mol. The monoisotopic (exact) mass is 311 g/mol. The third-order valence-electron chi connectivity index (χ3n) is 3.89. The van der Waals surface area contributed by atoms with Gasteiger partial charge in [0.05, 0.1) is 7.11 Å². The van der Waals surface area contributed by atoms with Crippen LogP contribution in [-0.2, 0) is 0 Å². The fourth-order valence-electron chi connectivity index (χ4n) is 2.86. The van der Waals surface area contributed by atoms with Crippen LogP contribution in [0.4, 0.5) is 5.69 Å². The number of anilines is 1. The van der Waals surface area contributed by atoms with Crippen molar-refractivity contribution in [2.24, 2.45) is 11.8 Å². The van der Waals surface area contributed by atoms with Gasteiger partial charge >= 0.3 is 0 Å². The zero-order valence-corrected chi connectivity index (χ0v) is 13.0. The Labute approximate surface area is 118 Å². The molecule has 0 radical (unpaired) electrons. The molecule has 100 valence electrons. The van der Waals surface area contributed by atoms with E-state index in [-0.39, 0.29) is 0 Å². The fraction of sp³-hybridized carbons (Fsp3) is 0.600. The van der Waals surface area contributed by atoms with E-state index < -0.39 is 0 Å². The minimum Gasteiger partial charge on any atom is -0.497 e. The molecule has 0 spiro atoms. The van der Waals surface area contributed by atoms with Crippen molar-refractivity contribution in [1.82, 2.24) is 0 Å². The second kappa shape index (κ2) is 5.96. The molecule has 0 amide bonds. The first-order valence-electron chi connectivity index (χ1n) is 6.69. The van der Waals surface area contributed by atoms with Gasteiger partial charge in [0.15, 0.2) is 0 Å². The number of nitrogens with one attached hydrogen (secondary N) is 1. The third kappa shape index (κ3) is 3.41. The van der Waals surface area contributed by atoms with Crippen molar-refractivity contribution in [2.45, 2.75) is 39.2 Å². The van der Waals surface area contributed by atoms with Gasteiger partial charge in [-0.1, -0.05) is 29.8 Å². The second-order valence-corrected chi connectivity index (χ2v) is 6.44. The molecule has 0 heterocycles. The van der Waals surface area contributed by atoms with Crippen LogP contribution in [0.2, 0.25) is 0 Å². The highest BCUT2D eigenvalue weighted by molar-refractivity contribution is 9.10. The topological polar surface area (TPSA) is 21.3 Å². The minimum atomic E-state index is 0.584. The van der Waals surface area contributed by atoms with Crippen LogP contribution < -0.4 is 10.1 Å². The normalized spacial score (nSPS) is 27.9. The van der Waals surface area contributed by atoms with E-state index in [2.05, 4.69) is 47.2 Å². The first-order chi connectivity index (χ1) is 8.58. The zero-order chi connectivity index (χ0) is 13.1. The summed E-state index contributed by atoms with van der Waals surface area (Å²) in [5.41, 5.74) is 1.15. The highest BCUT2D eigenvalue weighted by atomic mass is 79.9. The van der Waals surface area contributed by atoms with Crippen molar-refractivity contribution in [3.63, 3.8) is 0 Å². The number of methoxy groups -OCH3 is 1. The molecule has 1 saturated carbocycles. The number of hydrogen-bond donors (Lipinski definition) is 1. The highest BCUT2D eigenvalue weighted by Crippen LogP contribution is 2.32. The molecule has 1 aliphatic carbocycles. The molecule has 2 nitrogen and oxygen atoms in total. The van der Waals surface area contributed by atoms with Crippen LogP contribution in [0, 0.1) is 11.8 Å². The summed E-state index contributed by atoms with van der Waals surface area (Å²) in [6.07, 6.45) is 3.91. The lowest BCUT2D eigenvalue weighted by Gasteiger charge is -2.34. The molecule has 1 N–H and O–H groups in total. The summed E-state index contributed by atoms with van der Waals surface area (Å²) in [6, 6.07) is 6.75. The number of halogens is 1. The molecule has 0 bridgehead atoms. The average molecular weight is 312 g/mol. The average Bonchev–Trinajstić information content (AvgIpc) is 2.32. The van der Waals surface area contributed by atoms with Gasteiger partial charge in [-0.15, -0.1) is 0 Å². The van der Waals surface area contributed by atoms with Gasteiger partial charge in [0.25, 0.3) is 0 Å². The lowest BCUT2D eigenvalue weighted by atomic mass is 9.80. The van der Waals surface area contributed by atoms with Crippen LogP contribution in [0.25, 0.3) is 0 Å². The quantitative estimate of drug-likeness (QED) is 0.874. The molecule has 18 heavy (non-hydrogen) atoms. The van der Waals surface area contributed by atoms with Gasteiger partial charge in [-0.2, -0.15) is 0 Å². The number of ether oxygens (including phenoxy) is 1. The molecular formula is C15H22BrNO. The third-order valence-corrected chi connectivity index (χ3v) is 4.35. The molecule has 2 rings (SSSR count). The van der Waals surface area contributed by atoms with Crippen LogP contribution in [0.1, 0.15) is 33.1 Å². The smallest absolute Gasteiger partial charge is 0.122 e. The summed E-state index contributed by atoms with van der Waals surface area (Å²) < 4.78 is 6.36. The molecule has 0 aromatic heterocycles. The Hall–Kier alpha value is -0.700. The van der Waals surface area contributed by atoms with Gasteiger partial charge in [-0.05, 0) is 43.2 Å². The fourth-order valence-corrected chi connectivity index (χ4v) is 3.33. The Morgan fingerprint density at radius 1 is 1.22 bits per heavy atom. The van der Waals surface area contributed by atoms with Crippen molar-refractivity contribution in [1.29, 1.82) is 0 Å². The zero-order valence-electron chi connectivity index (χ0n) is 11.4. The summed E-state index contributed by atoms with van der Waals surface area (Å²) in [5, 5.41) is 3.66. The Morgan fingerprint density at radius 3 is 2.67 bits per heavy atom. The van der Waals surface area contributed by atoms with Gasteiger partial charge in [0.1, 0.15) is 5.75 Å². The first-order valence-corrected chi connectivity index (χ1v) is 7.49. The van der Waals surface area contributed by atoms with Crippen molar-refractivity contribution in [2.75, 3.05) is 12.4 Å². The van der Waals surface area contributed by atoms with Crippen LogP contribution in [0.15, 0.2) is 22.7 Å². The van der Waals surface area contributed by atoms with Crippen molar-refractivity contribution in [3.05, 3.63) is 22.7 Å². The number of benzene rings is 1. The lowest BCUT2D eigenvalue weighted by molar-refractivity contribution is 0.276. The molecule has 1 aliphatic rings. The largest absolute Gasteiger partial charge is 0.497 e. The molecule has 0 aliphatic heterocycles. The van der Waals surface area contributed by atoms with E-state index in [1.807, 2.05) is 6.07 Å². The van der Waals surface area contributed by atoms with E-state index in [9.17, 15) is 0 Å². The van der Waals surface area contributed by atoms with Crippen LogP contribution >= 0.6 is 15.9 Å². The van der Waals surface area contributed by atoms with Gasteiger partial charge in [0, 0.05) is 22.3 Å². The Balaban J connectivity index is 2.06. The van der Waals surface area contributed by atoms with E-state index >= 15 is 0 Å². The number of rotatable bonds is 3. The number of hydrogen-bond acceptors (Lipinski definition) is 2. The van der Waals surface area contributed by atoms with Gasteiger partial charge < -0.3 is 10.1 Å². The lowest BCUT2D eigenvalue weighted by Crippen LogP contribution is -2.32. The van der Waals surface area contributed by atoms with E-state index in [1.165, 1.54) is 19.3 Å². The molecular weight excluding hydrogens is 290 g/mol. The molecule has 3 unspecified atom stereocenters. The Bertz CT molecular complexity index is 407. The van der Waals surface area contributed by atoms with Gasteiger partial charge in [-0.25, -0.2) is 0 Å². The van der Waals surface area contributed by atoms with E-state index in [4.69, 9.17) is 4.74 Å². The second-order valence-electron chi connectivity index (χ2n) is 5.53. The molecule has 0 saturated heterocycles. The first kappa shape index (κ1) is 13.7. The van der Waals surface area contributed by atoms with Gasteiger partial charge in [-0.3, -0.25) is 0 Å². The molecule has 3 heteroatoms. The summed E-state index contributed by atoms with van der Waals surface area (Å²) in [4.78, 5) is 0. The standard InChI is InChI=1S/C15H22BrNO/c1-10-4-5-15(11(2)6-10)17-13-7-12(16)8-14(9-13)18-3/h7-11,15,17H,4-6H2,1-3H3. The van der Waals surface area contributed by atoms with Gasteiger partial charge in [0.2, 0.25) is 0 Å². The maximum Gasteiger partial charge on any atom is 0.122 e. The molecule has 1 aromatic carbocycles. The van der Waals surface area contributed by atoms with E-state index in [1.54, 1.807) is 7.11 Å². The molecule has 1 aromatic rings. The summed E-state index contributed by atoms with van der Waals surface area (Å²) >= 11 is 3.52. The van der Waals surface area contributed by atoms with E-state index in [0.29, 0.717) is 6.04 Å². The van der Waals surface area contributed by atoms with Crippen LogP contribution in [0.5, 0.6) is 5.75 Å². The maximum absolute atomic E-state index is 5.30. The van der Waals surface area contributed by atoms with E-state index in [0.717, 1.165) is 27.7 Å². The minimum absolute atomic E-state index is 0.584. The maximum atomic E-state index is 5.30. The van der Waals surface area contributed by atoms with Crippen molar-refractivity contribution in [3.8, 4) is 5.75 Å². The van der Waals surface area contributed by atoms with Crippen molar-refractivity contribution < 1.29 is 4.74 Å². The summed E-state index contributed by atoms with van der Waals surface area (Å²) in [7, 11) is 1.70. The van der Waals surface area contributed by atoms with Crippen molar-refractivity contribution >= 4 is 21.6 Å². The Kier molecular flexibility index (Phi) is 4.55. The molecule has 3 atom stereocenters. The predicted octanol–water partition coefficient (Wildman–Crippen LogP) is 4.69. The molecule has 1 fully saturated rings. The van der Waals surface area contributed by atoms with Crippen LogP contribution in [0.3, 0.4) is 0 Å². The Morgan fingerprint density at radius 2 is 2.00 bits per heavy atom.